The van der Waals surface area contributed by atoms with Crippen LogP contribution in [0.5, 0.6) is 0 Å². The lowest BCUT2D eigenvalue weighted by molar-refractivity contribution is -0.138. The average molecular weight is 322 g/mol. The molecule has 2 aromatic rings. The Kier molecular flexibility index (Phi) is 5.16. The number of nitrogens with zero attached hydrogens (tertiary/aromatic N) is 2. The highest BCUT2D eigenvalue weighted by Gasteiger charge is 2.20. The third-order valence-electron chi connectivity index (χ3n) is 3.19. The molecule has 0 spiro atoms. The number of halogens is 1. The van der Waals surface area contributed by atoms with Crippen molar-refractivity contribution in [1.82, 2.24) is 14.9 Å². The van der Waals surface area contributed by atoms with Crippen molar-refractivity contribution in [2.75, 3.05) is 0 Å². The second kappa shape index (κ2) is 7.09. The van der Waals surface area contributed by atoms with E-state index >= 15 is 0 Å². The van der Waals surface area contributed by atoms with Gasteiger partial charge in [-0.2, -0.15) is 0 Å². The summed E-state index contributed by atoms with van der Waals surface area (Å²) in [6, 6.07) is 6.61. The van der Waals surface area contributed by atoms with Crippen LogP contribution in [0.25, 0.3) is 0 Å². The van der Waals surface area contributed by atoms with Crippen molar-refractivity contribution in [3.63, 3.8) is 0 Å². The predicted molar refractivity (Wildman–Crippen MR) is 81.5 cm³/mol. The summed E-state index contributed by atoms with van der Waals surface area (Å²) in [7, 11) is 1.83. The smallest absolute Gasteiger partial charge is 0.303 e. The van der Waals surface area contributed by atoms with E-state index in [9.17, 15) is 9.59 Å². The summed E-state index contributed by atoms with van der Waals surface area (Å²) >= 11 is 5.89. The van der Waals surface area contributed by atoms with Gasteiger partial charge in [0.05, 0.1) is 6.42 Å². The van der Waals surface area contributed by atoms with Crippen LogP contribution in [0.2, 0.25) is 5.02 Å². The highest BCUT2D eigenvalue weighted by molar-refractivity contribution is 6.30. The van der Waals surface area contributed by atoms with E-state index < -0.39 is 12.0 Å². The third-order valence-corrected chi connectivity index (χ3v) is 3.44. The number of carboxylic acids is 1. The Balaban J connectivity index is 2.23. The highest BCUT2D eigenvalue weighted by atomic mass is 35.5. The molecule has 0 fully saturated rings. The first kappa shape index (κ1) is 16.0. The molecule has 0 aliphatic carbocycles. The number of hydrogen-bond acceptors (Lipinski definition) is 3. The Labute approximate surface area is 132 Å². The van der Waals surface area contributed by atoms with E-state index in [0.717, 1.165) is 5.56 Å². The third kappa shape index (κ3) is 4.08. The summed E-state index contributed by atoms with van der Waals surface area (Å²) in [4.78, 5) is 26.8. The summed E-state index contributed by atoms with van der Waals surface area (Å²) in [5, 5.41) is 12.1. The summed E-state index contributed by atoms with van der Waals surface area (Å²) in [6.45, 7) is 0. The summed E-state index contributed by atoms with van der Waals surface area (Å²) < 4.78 is 1.80. The molecule has 7 heteroatoms. The van der Waals surface area contributed by atoms with Crippen LogP contribution in [-0.2, 0) is 16.6 Å². The largest absolute Gasteiger partial charge is 0.481 e. The SMILES string of the molecule is Cn1ccnc1C(NC(=O)CCC(=O)O)c1ccc(Cl)cc1. The molecule has 116 valence electrons. The zero-order valence-corrected chi connectivity index (χ0v) is 12.7. The maximum absolute atomic E-state index is 12.0. The number of rotatable bonds is 6. The van der Waals surface area contributed by atoms with E-state index in [1.165, 1.54) is 0 Å². The van der Waals surface area contributed by atoms with Crippen molar-refractivity contribution < 1.29 is 14.7 Å². The van der Waals surface area contributed by atoms with Crippen LogP contribution in [0.1, 0.15) is 30.3 Å². The number of imidazole rings is 1. The lowest BCUT2D eigenvalue weighted by Crippen LogP contribution is -2.31. The van der Waals surface area contributed by atoms with Crippen LogP contribution in [0.4, 0.5) is 0 Å². The average Bonchev–Trinajstić information content (AvgIpc) is 2.90. The fourth-order valence-corrected chi connectivity index (χ4v) is 2.19. The van der Waals surface area contributed by atoms with Gasteiger partial charge >= 0.3 is 5.97 Å². The molecule has 0 bridgehead atoms. The van der Waals surface area contributed by atoms with Gasteiger partial charge in [0.15, 0.2) is 0 Å². The molecule has 0 aliphatic rings. The molecule has 0 radical (unpaired) electrons. The Morgan fingerprint density at radius 2 is 2.00 bits per heavy atom. The number of carbonyl (C=O) groups excluding carboxylic acids is 1. The quantitative estimate of drug-likeness (QED) is 0.853. The summed E-state index contributed by atoms with van der Waals surface area (Å²) in [5.41, 5.74) is 0.822. The number of amides is 1. The van der Waals surface area contributed by atoms with Crippen LogP contribution in [0, 0.1) is 0 Å². The monoisotopic (exact) mass is 321 g/mol. The van der Waals surface area contributed by atoms with E-state index in [0.29, 0.717) is 10.8 Å². The number of benzene rings is 1. The van der Waals surface area contributed by atoms with Crippen LogP contribution >= 0.6 is 11.6 Å². The molecule has 1 aromatic heterocycles. The van der Waals surface area contributed by atoms with Gasteiger partial charge < -0.3 is 15.0 Å². The molecule has 0 saturated carbocycles. The van der Waals surface area contributed by atoms with E-state index in [1.54, 1.807) is 41.2 Å². The van der Waals surface area contributed by atoms with Crippen LogP contribution in [-0.4, -0.2) is 26.5 Å². The number of aryl methyl sites for hydroxylation is 1. The number of nitrogens with one attached hydrogen (secondary N) is 1. The van der Waals surface area contributed by atoms with Gasteiger partial charge in [-0.05, 0) is 17.7 Å². The Morgan fingerprint density at radius 3 is 2.55 bits per heavy atom. The van der Waals surface area contributed by atoms with Crippen LogP contribution in [0.15, 0.2) is 36.7 Å². The van der Waals surface area contributed by atoms with Crippen LogP contribution < -0.4 is 5.32 Å². The minimum Gasteiger partial charge on any atom is -0.481 e. The minimum absolute atomic E-state index is 0.0795. The molecule has 2 N–H and O–H groups in total. The number of aromatic nitrogens is 2. The van der Waals surface area contributed by atoms with Crippen molar-refractivity contribution in [3.8, 4) is 0 Å². The van der Waals surface area contributed by atoms with Gasteiger partial charge in [0.2, 0.25) is 5.91 Å². The molecule has 1 aromatic carbocycles. The molecule has 22 heavy (non-hydrogen) atoms. The first-order valence-electron chi connectivity index (χ1n) is 6.71. The van der Waals surface area contributed by atoms with Gasteiger partial charge in [-0.3, -0.25) is 9.59 Å². The van der Waals surface area contributed by atoms with E-state index in [-0.39, 0.29) is 18.7 Å². The molecular formula is C15H16ClN3O3. The summed E-state index contributed by atoms with van der Waals surface area (Å²) in [6.07, 6.45) is 3.13. The topological polar surface area (TPSA) is 84.2 Å². The molecule has 0 aliphatic heterocycles. The second-order valence-electron chi connectivity index (χ2n) is 4.84. The van der Waals surface area contributed by atoms with Gasteiger partial charge in [0.25, 0.3) is 0 Å². The zero-order chi connectivity index (χ0) is 16.1. The predicted octanol–water partition coefficient (Wildman–Crippen LogP) is 2.14. The number of aliphatic carboxylic acids is 1. The standard InChI is InChI=1S/C15H16ClN3O3/c1-19-9-8-17-15(19)14(10-2-4-11(16)5-3-10)18-12(20)6-7-13(21)22/h2-5,8-9,14H,6-7H2,1H3,(H,18,20)(H,21,22). The van der Waals surface area contributed by atoms with Crippen LogP contribution in [0.3, 0.4) is 0 Å². The molecule has 6 nitrogen and oxygen atoms in total. The van der Waals surface area contributed by atoms with E-state index in [2.05, 4.69) is 10.3 Å². The molecule has 1 atom stereocenters. The van der Waals surface area contributed by atoms with Crippen molar-refractivity contribution in [1.29, 1.82) is 0 Å². The van der Waals surface area contributed by atoms with Crippen molar-refractivity contribution >= 4 is 23.5 Å². The minimum atomic E-state index is -1.00. The van der Waals surface area contributed by atoms with Crippen molar-refractivity contribution in [2.24, 2.45) is 7.05 Å². The Morgan fingerprint density at radius 1 is 1.32 bits per heavy atom. The lowest BCUT2D eigenvalue weighted by atomic mass is 10.1. The lowest BCUT2D eigenvalue weighted by Gasteiger charge is -2.19. The molecule has 1 unspecified atom stereocenters. The fourth-order valence-electron chi connectivity index (χ4n) is 2.06. The highest BCUT2D eigenvalue weighted by Crippen LogP contribution is 2.22. The van der Waals surface area contributed by atoms with Gasteiger partial charge in [-0.1, -0.05) is 23.7 Å². The normalized spacial score (nSPS) is 11.9. The number of carbonyl (C=O) groups is 2. The van der Waals surface area contributed by atoms with Gasteiger partial charge in [-0.25, -0.2) is 4.98 Å². The van der Waals surface area contributed by atoms with E-state index in [1.807, 2.05) is 7.05 Å². The maximum atomic E-state index is 12.0. The molecule has 1 amide bonds. The maximum Gasteiger partial charge on any atom is 0.303 e. The Bertz CT molecular complexity index is 667. The molecule has 0 saturated heterocycles. The zero-order valence-electron chi connectivity index (χ0n) is 12.0. The fraction of sp³-hybridized carbons (Fsp3) is 0.267. The second-order valence-corrected chi connectivity index (χ2v) is 5.28. The van der Waals surface area contributed by atoms with E-state index in [4.69, 9.17) is 16.7 Å². The number of carboxylic acid groups (broad SMARTS) is 1. The van der Waals surface area contributed by atoms with Gasteiger partial charge in [0, 0.05) is 30.9 Å². The molecule has 1 heterocycles. The Hall–Kier alpha value is -2.34. The van der Waals surface area contributed by atoms with Crippen molar-refractivity contribution in [2.45, 2.75) is 18.9 Å². The van der Waals surface area contributed by atoms with Crippen molar-refractivity contribution in [3.05, 3.63) is 53.1 Å². The van der Waals surface area contributed by atoms with Gasteiger partial charge in [-0.15, -0.1) is 0 Å². The summed E-state index contributed by atoms with van der Waals surface area (Å²) in [5.74, 6) is -0.688. The first-order chi connectivity index (χ1) is 10.5. The number of hydrogen-bond donors (Lipinski definition) is 2. The van der Waals surface area contributed by atoms with Gasteiger partial charge in [0.1, 0.15) is 11.9 Å². The molecule has 2 rings (SSSR count). The first-order valence-corrected chi connectivity index (χ1v) is 7.09. The molecular weight excluding hydrogens is 306 g/mol.